The molecule has 0 aromatic heterocycles. The van der Waals surface area contributed by atoms with Crippen LogP contribution in [0.25, 0.3) is 0 Å². The van der Waals surface area contributed by atoms with E-state index in [-0.39, 0.29) is 12.1 Å². The minimum Gasteiger partial charge on any atom is -0.335 e. The van der Waals surface area contributed by atoms with Gasteiger partial charge in [0.1, 0.15) is 0 Å². The third-order valence-corrected chi connectivity index (χ3v) is 4.94. The van der Waals surface area contributed by atoms with Crippen LogP contribution in [0.1, 0.15) is 33.1 Å². The lowest BCUT2D eigenvalue weighted by atomic mass is 9.78. The van der Waals surface area contributed by atoms with E-state index in [4.69, 9.17) is 23.2 Å². The standard InChI is InChI=1S/C15H20Cl2N2O/c1-9-4-3-5-14(10(9)2)19-15(20)18-11-6-7-12(16)13(17)8-11/h6-10,14H,3-5H2,1-2H3,(H2,18,19,20). The van der Waals surface area contributed by atoms with Crippen LogP contribution in [-0.4, -0.2) is 12.1 Å². The Morgan fingerprint density at radius 3 is 2.65 bits per heavy atom. The molecular weight excluding hydrogens is 295 g/mol. The van der Waals surface area contributed by atoms with Crippen molar-refractivity contribution in [2.75, 3.05) is 5.32 Å². The van der Waals surface area contributed by atoms with Gasteiger partial charge in [0.2, 0.25) is 0 Å². The molecule has 1 aromatic rings. The number of rotatable bonds is 2. The summed E-state index contributed by atoms with van der Waals surface area (Å²) in [6.07, 6.45) is 3.46. The molecule has 1 aliphatic rings. The third kappa shape index (κ3) is 3.80. The number of anilines is 1. The summed E-state index contributed by atoms with van der Waals surface area (Å²) in [6.45, 7) is 4.45. The molecule has 0 bridgehead atoms. The Hall–Kier alpha value is -0.930. The molecule has 5 heteroatoms. The summed E-state index contributed by atoms with van der Waals surface area (Å²) < 4.78 is 0. The summed E-state index contributed by atoms with van der Waals surface area (Å²) in [4.78, 5) is 12.0. The molecule has 0 saturated heterocycles. The van der Waals surface area contributed by atoms with Crippen molar-refractivity contribution in [3.05, 3.63) is 28.2 Å². The molecule has 2 amide bonds. The van der Waals surface area contributed by atoms with Crippen molar-refractivity contribution >= 4 is 34.9 Å². The molecule has 1 aromatic carbocycles. The van der Waals surface area contributed by atoms with Crippen LogP contribution in [0.4, 0.5) is 10.5 Å². The van der Waals surface area contributed by atoms with Gasteiger partial charge in [0.15, 0.2) is 0 Å². The van der Waals surface area contributed by atoms with Gasteiger partial charge in [-0.25, -0.2) is 4.79 Å². The first kappa shape index (κ1) is 15.5. The molecule has 3 nitrogen and oxygen atoms in total. The van der Waals surface area contributed by atoms with E-state index < -0.39 is 0 Å². The van der Waals surface area contributed by atoms with Crippen LogP contribution in [0.5, 0.6) is 0 Å². The normalized spacial score (nSPS) is 26.1. The second-order valence-electron chi connectivity index (χ2n) is 5.60. The summed E-state index contributed by atoms with van der Waals surface area (Å²) in [5.74, 6) is 1.15. The van der Waals surface area contributed by atoms with E-state index in [1.165, 1.54) is 12.8 Å². The van der Waals surface area contributed by atoms with Crippen LogP contribution in [0, 0.1) is 11.8 Å². The van der Waals surface area contributed by atoms with Gasteiger partial charge < -0.3 is 10.6 Å². The van der Waals surface area contributed by atoms with Crippen molar-refractivity contribution in [2.24, 2.45) is 11.8 Å². The first-order chi connectivity index (χ1) is 9.47. The molecule has 0 aliphatic heterocycles. The van der Waals surface area contributed by atoms with Gasteiger partial charge in [-0.3, -0.25) is 0 Å². The van der Waals surface area contributed by atoms with E-state index in [0.717, 1.165) is 6.42 Å². The van der Waals surface area contributed by atoms with Crippen LogP contribution in [0.15, 0.2) is 18.2 Å². The van der Waals surface area contributed by atoms with Gasteiger partial charge in [0.25, 0.3) is 0 Å². The van der Waals surface area contributed by atoms with Crippen LogP contribution < -0.4 is 10.6 Å². The second-order valence-corrected chi connectivity index (χ2v) is 6.42. The fraction of sp³-hybridized carbons (Fsp3) is 0.533. The van der Waals surface area contributed by atoms with Gasteiger partial charge in [-0.2, -0.15) is 0 Å². The van der Waals surface area contributed by atoms with E-state index >= 15 is 0 Å². The average molecular weight is 315 g/mol. The smallest absolute Gasteiger partial charge is 0.319 e. The summed E-state index contributed by atoms with van der Waals surface area (Å²) in [7, 11) is 0. The van der Waals surface area contributed by atoms with Gasteiger partial charge in [-0.1, -0.05) is 49.9 Å². The molecule has 1 saturated carbocycles. The van der Waals surface area contributed by atoms with E-state index in [1.807, 2.05) is 0 Å². The predicted octanol–water partition coefficient (Wildman–Crippen LogP) is 4.94. The van der Waals surface area contributed by atoms with Crippen molar-refractivity contribution < 1.29 is 4.79 Å². The maximum absolute atomic E-state index is 12.0. The molecule has 2 rings (SSSR count). The van der Waals surface area contributed by atoms with Crippen molar-refractivity contribution in [1.82, 2.24) is 5.32 Å². The average Bonchev–Trinajstić information content (AvgIpc) is 2.39. The summed E-state index contributed by atoms with van der Waals surface area (Å²) in [5, 5.41) is 6.77. The number of amides is 2. The first-order valence-electron chi connectivity index (χ1n) is 7.00. The fourth-order valence-electron chi connectivity index (χ4n) is 2.70. The number of urea groups is 1. The number of benzene rings is 1. The molecule has 3 atom stereocenters. The summed E-state index contributed by atoms with van der Waals surface area (Å²) in [6, 6.07) is 5.11. The van der Waals surface area contributed by atoms with Crippen LogP contribution in [0.3, 0.4) is 0 Å². The minimum atomic E-state index is -0.186. The Balaban J connectivity index is 1.93. The Bertz CT molecular complexity index is 493. The molecule has 2 N–H and O–H groups in total. The van der Waals surface area contributed by atoms with Crippen LogP contribution in [0.2, 0.25) is 10.0 Å². The SMILES string of the molecule is CC1CCCC(NC(=O)Nc2ccc(Cl)c(Cl)c2)C1C. The molecule has 20 heavy (non-hydrogen) atoms. The van der Waals surface area contributed by atoms with Gasteiger partial charge in [0.05, 0.1) is 10.0 Å². The lowest BCUT2D eigenvalue weighted by molar-refractivity contribution is 0.201. The molecule has 0 spiro atoms. The lowest BCUT2D eigenvalue weighted by Crippen LogP contribution is -2.45. The van der Waals surface area contributed by atoms with Crippen molar-refractivity contribution in [2.45, 2.75) is 39.2 Å². The topological polar surface area (TPSA) is 41.1 Å². The van der Waals surface area contributed by atoms with Gasteiger partial charge in [-0.15, -0.1) is 0 Å². The van der Waals surface area contributed by atoms with E-state index in [2.05, 4.69) is 24.5 Å². The highest BCUT2D eigenvalue weighted by molar-refractivity contribution is 6.42. The number of hydrogen-bond donors (Lipinski definition) is 2. The van der Waals surface area contributed by atoms with Gasteiger partial charge in [-0.05, 0) is 36.5 Å². The van der Waals surface area contributed by atoms with E-state index in [0.29, 0.717) is 27.6 Å². The zero-order chi connectivity index (χ0) is 14.7. The maximum atomic E-state index is 12.0. The molecule has 1 aliphatic carbocycles. The maximum Gasteiger partial charge on any atom is 0.319 e. The molecule has 110 valence electrons. The molecule has 3 unspecified atom stereocenters. The summed E-state index contributed by atoms with van der Waals surface area (Å²) in [5.41, 5.74) is 0.647. The quantitative estimate of drug-likeness (QED) is 0.797. The number of carbonyl (C=O) groups excluding carboxylic acids is 1. The minimum absolute atomic E-state index is 0.186. The summed E-state index contributed by atoms with van der Waals surface area (Å²) >= 11 is 11.8. The Labute approximate surface area is 130 Å². The highest BCUT2D eigenvalue weighted by Gasteiger charge is 2.28. The highest BCUT2D eigenvalue weighted by Crippen LogP contribution is 2.29. The zero-order valence-corrected chi connectivity index (χ0v) is 13.3. The molecular formula is C15H20Cl2N2O. The second kappa shape index (κ2) is 6.68. The van der Waals surface area contributed by atoms with Crippen molar-refractivity contribution in [3.63, 3.8) is 0 Å². The van der Waals surface area contributed by atoms with Crippen molar-refractivity contribution in [1.29, 1.82) is 0 Å². The Morgan fingerprint density at radius 2 is 1.95 bits per heavy atom. The van der Waals surface area contributed by atoms with E-state index in [1.54, 1.807) is 18.2 Å². The number of halogens is 2. The van der Waals surface area contributed by atoms with Crippen LogP contribution >= 0.6 is 23.2 Å². The lowest BCUT2D eigenvalue weighted by Gasteiger charge is -2.34. The number of carbonyl (C=O) groups is 1. The predicted molar refractivity (Wildman–Crippen MR) is 84.6 cm³/mol. The molecule has 0 radical (unpaired) electrons. The fourth-order valence-corrected chi connectivity index (χ4v) is 2.99. The monoisotopic (exact) mass is 314 g/mol. The van der Waals surface area contributed by atoms with Gasteiger partial charge in [0, 0.05) is 11.7 Å². The number of hydrogen-bond acceptors (Lipinski definition) is 1. The largest absolute Gasteiger partial charge is 0.335 e. The Kier molecular flexibility index (Phi) is 5.17. The van der Waals surface area contributed by atoms with E-state index in [9.17, 15) is 4.79 Å². The van der Waals surface area contributed by atoms with Crippen LogP contribution in [-0.2, 0) is 0 Å². The Morgan fingerprint density at radius 1 is 1.20 bits per heavy atom. The molecule has 0 heterocycles. The molecule has 1 fully saturated rings. The number of nitrogens with one attached hydrogen (secondary N) is 2. The van der Waals surface area contributed by atoms with Gasteiger partial charge >= 0.3 is 6.03 Å². The highest BCUT2D eigenvalue weighted by atomic mass is 35.5. The first-order valence-corrected chi connectivity index (χ1v) is 7.75. The third-order valence-electron chi connectivity index (χ3n) is 4.20. The zero-order valence-electron chi connectivity index (χ0n) is 11.7. The van der Waals surface area contributed by atoms with Crippen molar-refractivity contribution in [3.8, 4) is 0 Å².